The third-order valence-corrected chi connectivity index (χ3v) is 8.18. The van der Waals surface area contributed by atoms with E-state index in [-0.39, 0.29) is 34.8 Å². The fourth-order valence-electron chi connectivity index (χ4n) is 6.25. The second-order valence-corrected chi connectivity index (χ2v) is 10.1. The molecule has 4 unspecified atom stereocenters. The molecule has 3 aromatic carbocycles. The summed E-state index contributed by atoms with van der Waals surface area (Å²) >= 11 is 0. The van der Waals surface area contributed by atoms with Crippen molar-refractivity contribution in [1.29, 1.82) is 0 Å². The fourth-order valence-corrected chi connectivity index (χ4v) is 6.25. The van der Waals surface area contributed by atoms with E-state index in [1.165, 1.54) is 19.2 Å². The van der Waals surface area contributed by atoms with E-state index in [1.807, 2.05) is 0 Å². The second-order valence-electron chi connectivity index (χ2n) is 10.1. The SMILES string of the molecule is COc1ccccc1C1NC(CO)(C(=O)O)C2C(=O)N(Cc3ccc4c(c3)C(=O)c3ccccc3C4=O)C(=O)C12. The van der Waals surface area contributed by atoms with Gasteiger partial charge in [0, 0.05) is 33.9 Å². The smallest absolute Gasteiger partial charge is 0.327 e. The highest BCUT2D eigenvalue weighted by molar-refractivity contribution is 6.28. The third kappa shape index (κ3) is 3.46. The number of hydrogen-bond donors (Lipinski definition) is 3. The van der Waals surface area contributed by atoms with Crippen molar-refractivity contribution in [3.63, 3.8) is 0 Å². The lowest BCUT2D eigenvalue weighted by Crippen LogP contribution is -2.58. The highest BCUT2D eigenvalue weighted by Crippen LogP contribution is 2.50. The molecule has 6 rings (SSSR count). The summed E-state index contributed by atoms with van der Waals surface area (Å²) in [5.41, 5.74) is -0.198. The number of aliphatic hydroxyl groups excluding tert-OH is 1. The molecule has 2 aliphatic heterocycles. The van der Waals surface area contributed by atoms with E-state index in [4.69, 9.17) is 4.74 Å². The number of nitrogens with zero attached hydrogens (tertiary/aromatic N) is 1. The number of para-hydroxylation sites is 1. The van der Waals surface area contributed by atoms with Gasteiger partial charge < -0.3 is 14.9 Å². The van der Waals surface area contributed by atoms with Gasteiger partial charge in [0.25, 0.3) is 0 Å². The van der Waals surface area contributed by atoms with Gasteiger partial charge in [0.15, 0.2) is 17.1 Å². The van der Waals surface area contributed by atoms with Gasteiger partial charge in [-0.05, 0) is 23.8 Å². The van der Waals surface area contributed by atoms with E-state index >= 15 is 0 Å². The zero-order valence-corrected chi connectivity index (χ0v) is 21.3. The number of aliphatic hydroxyl groups is 1. The summed E-state index contributed by atoms with van der Waals surface area (Å²) in [4.78, 5) is 67.1. The molecule has 0 saturated carbocycles. The summed E-state index contributed by atoms with van der Waals surface area (Å²) in [5.74, 6) is -5.56. The number of benzene rings is 3. The van der Waals surface area contributed by atoms with Crippen LogP contribution in [-0.2, 0) is 20.9 Å². The van der Waals surface area contributed by atoms with Gasteiger partial charge in [0.2, 0.25) is 11.8 Å². The molecule has 10 nitrogen and oxygen atoms in total. The van der Waals surface area contributed by atoms with E-state index in [0.29, 0.717) is 22.4 Å². The number of hydrogen-bond acceptors (Lipinski definition) is 8. The van der Waals surface area contributed by atoms with Crippen molar-refractivity contribution in [3.8, 4) is 5.75 Å². The van der Waals surface area contributed by atoms with Crippen molar-refractivity contribution in [2.24, 2.45) is 11.8 Å². The number of amides is 2. The first-order valence-corrected chi connectivity index (χ1v) is 12.6. The number of nitrogens with one attached hydrogen (secondary N) is 1. The van der Waals surface area contributed by atoms with E-state index in [0.717, 1.165) is 4.90 Å². The monoisotopic (exact) mass is 540 g/mol. The van der Waals surface area contributed by atoms with Gasteiger partial charge in [0.1, 0.15) is 5.75 Å². The molecule has 0 radical (unpaired) electrons. The van der Waals surface area contributed by atoms with Crippen molar-refractivity contribution in [3.05, 3.63) is 100 Å². The van der Waals surface area contributed by atoms with Crippen LogP contribution in [0.15, 0.2) is 66.7 Å². The lowest BCUT2D eigenvalue weighted by atomic mass is 9.79. The Morgan fingerprint density at radius 3 is 2.17 bits per heavy atom. The third-order valence-electron chi connectivity index (χ3n) is 8.18. The molecule has 3 aromatic rings. The number of ketones is 2. The maximum atomic E-state index is 13.8. The number of methoxy groups -OCH3 is 1. The minimum absolute atomic E-state index is 0.171. The van der Waals surface area contributed by atoms with E-state index in [1.54, 1.807) is 54.6 Å². The largest absolute Gasteiger partial charge is 0.496 e. The van der Waals surface area contributed by atoms with Crippen LogP contribution in [0.3, 0.4) is 0 Å². The molecule has 2 fully saturated rings. The predicted octanol–water partition coefficient (Wildman–Crippen LogP) is 1.73. The van der Waals surface area contributed by atoms with Crippen LogP contribution in [0.1, 0.15) is 49.0 Å². The number of aliphatic carboxylic acids is 1. The van der Waals surface area contributed by atoms with Gasteiger partial charge in [-0.2, -0.15) is 0 Å². The molecular weight excluding hydrogens is 516 g/mol. The summed E-state index contributed by atoms with van der Waals surface area (Å²) in [6.45, 7) is -1.16. The number of likely N-dealkylation sites (tertiary alicyclic amines) is 1. The molecule has 0 spiro atoms. The highest BCUT2D eigenvalue weighted by atomic mass is 16.5. The van der Waals surface area contributed by atoms with Gasteiger partial charge in [-0.15, -0.1) is 0 Å². The first-order valence-electron chi connectivity index (χ1n) is 12.6. The molecule has 2 saturated heterocycles. The molecule has 3 N–H and O–H groups in total. The summed E-state index contributed by atoms with van der Waals surface area (Å²) in [5, 5.41) is 23.3. The number of carboxylic acids is 1. The second kappa shape index (κ2) is 9.22. The average Bonchev–Trinajstić information content (AvgIpc) is 3.45. The van der Waals surface area contributed by atoms with Gasteiger partial charge in [0.05, 0.1) is 32.1 Å². The normalized spacial score (nSPS) is 25.1. The Labute approximate surface area is 228 Å². The molecule has 4 atom stereocenters. The molecule has 0 bridgehead atoms. The van der Waals surface area contributed by atoms with Crippen molar-refractivity contribution in [2.75, 3.05) is 13.7 Å². The van der Waals surface area contributed by atoms with Crippen LogP contribution in [0.2, 0.25) is 0 Å². The number of rotatable bonds is 6. The van der Waals surface area contributed by atoms with Crippen LogP contribution in [0.5, 0.6) is 5.75 Å². The Morgan fingerprint density at radius 1 is 0.900 bits per heavy atom. The van der Waals surface area contributed by atoms with Gasteiger partial charge in [-0.25, -0.2) is 0 Å². The summed E-state index contributed by atoms with van der Waals surface area (Å²) < 4.78 is 5.43. The molecule has 40 heavy (non-hydrogen) atoms. The average molecular weight is 541 g/mol. The van der Waals surface area contributed by atoms with Crippen LogP contribution in [0.4, 0.5) is 0 Å². The van der Waals surface area contributed by atoms with E-state index < -0.39 is 47.8 Å². The first kappa shape index (κ1) is 25.6. The maximum absolute atomic E-state index is 13.8. The summed E-state index contributed by atoms with van der Waals surface area (Å²) in [6.07, 6.45) is 0. The van der Waals surface area contributed by atoms with E-state index in [9.17, 15) is 34.2 Å². The van der Waals surface area contributed by atoms with Crippen LogP contribution in [0.25, 0.3) is 0 Å². The molecular formula is C30H24N2O8. The lowest BCUT2D eigenvalue weighted by Gasteiger charge is -2.29. The Bertz CT molecular complexity index is 1630. The van der Waals surface area contributed by atoms with Crippen LogP contribution >= 0.6 is 0 Å². The summed E-state index contributed by atoms with van der Waals surface area (Å²) in [7, 11) is 1.44. The Hall–Kier alpha value is -4.67. The van der Waals surface area contributed by atoms with Gasteiger partial charge in [-0.1, -0.05) is 48.5 Å². The number of carbonyl (C=O) groups is 5. The predicted molar refractivity (Wildman–Crippen MR) is 139 cm³/mol. The summed E-state index contributed by atoms with van der Waals surface area (Å²) in [6, 6.07) is 16.9. The number of ether oxygens (including phenoxy) is 1. The zero-order valence-electron chi connectivity index (χ0n) is 21.3. The minimum Gasteiger partial charge on any atom is -0.496 e. The molecule has 202 valence electrons. The van der Waals surface area contributed by atoms with Crippen molar-refractivity contribution in [1.82, 2.24) is 10.2 Å². The van der Waals surface area contributed by atoms with Crippen molar-refractivity contribution in [2.45, 2.75) is 18.1 Å². The van der Waals surface area contributed by atoms with Crippen molar-refractivity contribution >= 4 is 29.4 Å². The molecule has 2 heterocycles. The zero-order chi connectivity index (χ0) is 28.3. The number of imide groups is 1. The number of fused-ring (bicyclic) bond motifs is 3. The highest BCUT2D eigenvalue weighted by Gasteiger charge is 2.68. The lowest BCUT2D eigenvalue weighted by molar-refractivity contribution is -0.153. The van der Waals surface area contributed by atoms with Gasteiger partial charge >= 0.3 is 5.97 Å². The quantitative estimate of drug-likeness (QED) is 0.311. The maximum Gasteiger partial charge on any atom is 0.327 e. The van der Waals surface area contributed by atoms with Crippen LogP contribution in [0, 0.1) is 11.8 Å². The number of carboxylic acid groups (broad SMARTS) is 1. The van der Waals surface area contributed by atoms with Crippen LogP contribution < -0.4 is 10.1 Å². The Balaban J connectivity index is 1.38. The van der Waals surface area contributed by atoms with Crippen molar-refractivity contribution < 1.29 is 38.9 Å². The molecule has 2 amide bonds. The molecule has 10 heteroatoms. The first-order chi connectivity index (χ1) is 19.2. The number of carbonyl (C=O) groups excluding carboxylic acids is 4. The Kier molecular flexibility index (Phi) is 5.90. The Morgan fingerprint density at radius 2 is 1.52 bits per heavy atom. The van der Waals surface area contributed by atoms with Crippen LogP contribution in [-0.4, -0.2) is 63.7 Å². The van der Waals surface area contributed by atoms with Gasteiger partial charge in [-0.3, -0.25) is 34.2 Å². The minimum atomic E-state index is -2.10. The standard InChI is InChI=1S/C30H24N2O8/c1-40-21-9-5-4-8-19(21)24-22-23(30(14-33,31-24)29(38)39)28(37)32(27(22)36)13-15-10-11-18-20(12-15)26(35)17-7-3-2-6-16(17)25(18)34/h2-12,22-24,31,33H,13-14H2,1H3,(H,38,39). The molecule has 3 aliphatic rings. The molecule has 0 aromatic heterocycles. The molecule has 1 aliphatic carbocycles. The fraction of sp³-hybridized carbons (Fsp3) is 0.233. The topological polar surface area (TPSA) is 150 Å². The van der Waals surface area contributed by atoms with E-state index in [2.05, 4.69) is 5.32 Å².